The molecule has 0 unspecified atom stereocenters. The minimum absolute atomic E-state index is 0.162. The number of unbranched alkanes of at least 4 members (excludes halogenated alkanes) is 12. The number of rotatable bonds is 18. The van der Waals surface area contributed by atoms with E-state index in [1.807, 2.05) is 6.08 Å². The normalized spacial score (nSPS) is 14.5. The molecule has 1 aliphatic rings. The van der Waals surface area contributed by atoms with Crippen LogP contribution in [0.5, 0.6) is 0 Å². The summed E-state index contributed by atoms with van der Waals surface area (Å²) in [6.45, 7) is 2.85. The van der Waals surface area contributed by atoms with Crippen molar-refractivity contribution in [2.45, 2.75) is 110 Å². The first-order valence-corrected chi connectivity index (χ1v) is 11.3. The highest BCUT2D eigenvalue weighted by molar-refractivity contribution is 5.81. The maximum Gasteiger partial charge on any atom is 0.330 e. The van der Waals surface area contributed by atoms with Crippen LogP contribution in [-0.2, 0) is 9.53 Å². The quantitative estimate of drug-likeness (QED) is 0.109. The molecule has 0 bridgehead atoms. The van der Waals surface area contributed by atoms with Gasteiger partial charge in [-0.15, -0.1) is 0 Å². The first kappa shape index (κ1) is 23.0. The molecule has 1 fully saturated rings. The van der Waals surface area contributed by atoms with E-state index in [2.05, 4.69) is 19.1 Å². The molecule has 0 aromatic heterocycles. The molecule has 0 saturated heterocycles. The van der Waals surface area contributed by atoms with Gasteiger partial charge in [0.25, 0.3) is 0 Å². The summed E-state index contributed by atoms with van der Waals surface area (Å²) < 4.78 is 5.20. The Hall–Kier alpha value is -1.05. The molecule has 0 aromatic rings. The fourth-order valence-electron chi connectivity index (χ4n) is 3.07. The van der Waals surface area contributed by atoms with Gasteiger partial charge in [-0.2, -0.15) is 0 Å². The summed E-state index contributed by atoms with van der Waals surface area (Å²) in [7, 11) is 0. The van der Waals surface area contributed by atoms with Crippen molar-refractivity contribution >= 4 is 5.97 Å². The summed E-state index contributed by atoms with van der Waals surface area (Å²) in [6.07, 6.45) is 29.0. The summed E-state index contributed by atoms with van der Waals surface area (Å²) in [5.41, 5.74) is 0. The van der Waals surface area contributed by atoms with Crippen molar-refractivity contribution in [1.82, 2.24) is 0 Å². The van der Waals surface area contributed by atoms with Crippen molar-refractivity contribution in [2.75, 3.05) is 6.61 Å². The summed E-state index contributed by atoms with van der Waals surface area (Å²) >= 11 is 0. The van der Waals surface area contributed by atoms with E-state index in [1.165, 1.54) is 96.3 Å². The van der Waals surface area contributed by atoms with Gasteiger partial charge in [0.15, 0.2) is 0 Å². The van der Waals surface area contributed by atoms with E-state index in [0.717, 1.165) is 6.42 Å². The van der Waals surface area contributed by atoms with E-state index in [9.17, 15) is 4.79 Å². The second kappa shape index (κ2) is 17.4. The van der Waals surface area contributed by atoms with E-state index < -0.39 is 0 Å². The number of hydrogen-bond donors (Lipinski definition) is 0. The molecule has 0 aromatic carbocycles. The number of allylic oxidation sites excluding steroid dienone is 3. The molecule has 26 heavy (non-hydrogen) atoms. The average molecular weight is 363 g/mol. The van der Waals surface area contributed by atoms with Gasteiger partial charge < -0.3 is 4.74 Å². The molecule has 1 rings (SSSR count). The maximum absolute atomic E-state index is 11.4. The lowest BCUT2D eigenvalue weighted by atomic mass is 10.1. The van der Waals surface area contributed by atoms with Crippen LogP contribution in [0.3, 0.4) is 0 Å². The van der Waals surface area contributed by atoms with Gasteiger partial charge in [-0.25, -0.2) is 4.79 Å². The van der Waals surface area contributed by atoms with Gasteiger partial charge >= 0.3 is 5.97 Å². The fourth-order valence-corrected chi connectivity index (χ4v) is 3.07. The molecule has 0 aliphatic heterocycles. The van der Waals surface area contributed by atoms with E-state index >= 15 is 0 Å². The van der Waals surface area contributed by atoms with Gasteiger partial charge in [-0.05, 0) is 50.9 Å². The molecular weight excluding hydrogens is 320 g/mol. The van der Waals surface area contributed by atoms with E-state index in [-0.39, 0.29) is 5.97 Å². The van der Waals surface area contributed by atoms with Gasteiger partial charge in [0.1, 0.15) is 0 Å². The third kappa shape index (κ3) is 16.4. The summed E-state index contributed by atoms with van der Waals surface area (Å²) in [5, 5.41) is 0. The molecule has 0 heterocycles. The standard InChI is InChI=1S/C24H42O2/c1-2-3-4-5-6-7-8-9-10-11-12-13-14-15-16-17-22-26-24(25)21-20-23-18-19-23/h9-10,20-21,23H,2-8,11-19,22H2,1H3. The van der Waals surface area contributed by atoms with Crippen molar-refractivity contribution in [3.8, 4) is 0 Å². The molecule has 2 nitrogen and oxygen atoms in total. The number of carbonyl (C=O) groups excluding carboxylic acids is 1. The largest absolute Gasteiger partial charge is 0.463 e. The average Bonchev–Trinajstić information content (AvgIpc) is 3.47. The van der Waals surface area contributed by atoms with Crippen molar-refractivity contribution in [2.24, 2.45) is 5.92 Å². The zero-order chi connectivity index (χ0) is 18.7. The summed E-state index contributed by atoms with van der Waals surface area (Å²) in [4.78, 5) is 11.4. The number of carbonyl (C=O) groups is 1. The van der Waals surface area contributed by atoms with Crippen LogP contribution in [0.1, 0.15) is 110 Å². The van der Waals surface area contributed by atoms with E-state index in [1.54, 1.807) is 6.08 Å². The second-order valence-electron chi connectivity index (χ2n) is 7.80. The SMILES string of the molecule is CCCCCCCCC=CCCCCCCCCOC(=O)C=CC1CC1. The lowest BCUT2D eigenvalue weighted by Crippen LogP contribution is -2.02. The lowest BCUT2D eigenvalue weighted by Gasteiger charge is -2.02. The molecule has 1 aliphatic carbocycles. The van der Waals surface area contributed by atoms with E-state index in [0.29, 0.717) is 12.5 Å². The van der Waals surface area contributed by atoms with Crippen LogP contribution in [0.2, 0.25) is 0 Å². The Bertz CT molecular complexity index is 380. The molecule has 2 heteroatoms. The molecule has 0 N–H and O–H groups in total. The van der Waals surface area contributed by atoms with Crippen LogP contribution in [0, 0.1) is 5.92 Å². The number of hydrogen-bond acceptors (Lipinski definition) is 2. The van der Waals surface area contributed by atoms with Crippen molar-refractivity contribution in [3.63, 3.8) is 0 Å². The van der Waals surface area contributed by atoms with Crippen LogP contribution >= 0.6 is 0 Å². The molecule has 1 saturated carbocycles. The van der Waals surface area contributed by atoms with Crippen LogP contribution in [0.25, 0.3) is 0 Å². The van der Waals surface area contributed by atoms with Gasteiger partial charge in [-0.3, -0.25) is 0 Å². The Balaban J connectivity index is 1.72. The topological polar surface area (TPSA) is 26.3 Å². The van der Waals surface area contributed by atoms with Crippen LogP contribution < -0.4 is 0 Å². The van der Waals surface area contributed by atoms with Crippen molar-refractivity contribution in [1.29, 1.82) is 0 Å². The monoisotopic (exact) mass is 362 g/mol. The van der Waals surface area contributed by atoms with E-state index in [4.69, 9.17) is 4.74 Å². The lowest BCUT2D eigenvalue weighted by molar-refractivity contribution is -0.137. The van der Waals surface area contributed by atoms with Crippen LogP contribution in [-0.4, -0.2) is 12.6 Å². The van der Waals surface area contributed by atoms with Crippen LogP contribution in [0.15, 0.2) is 24.3 Å². The van der Waals surface area contributed by atoms with Crippen molar-refractivity contribution < 1.29 is 9.53 Å². The van der Waals surface area contributed by atoms with Gasteiger partial charge in [0, 0.05) is 6.08 Å². The smallest absolute Gasteiger partial charge is 0.330 e. The molecule has 0 radical (unpaired) electrons. The zero-order valence-electron chi connectivity index (χ0n) is 17.2. The van der Waals surface area contributed by atoms with Crippen molar-refractivity contribution in [3.05, 3.63) is 24.3 Å². The Morgan fingerprint density at radius 2 is 1.35 bits per heavy atom. The molecular formula is C24H42O2. The summed E-state index contributed by atoms with van der Waals surface area (Å²) in [6, 6.07) is 0. The highest BCUT2D eigenvalue weighted by atomic mass is 16.5. The summed E-state index contributed by atoms with van der Waals surface area (Å²) in [5.74, 6) is 0.484. The second-order valence-corrected chi connectivity index (χ2v) is 7.80. The number of ether oxygens (including phenoxy) is 1. The molecule has 150 valence electrons. The first-order valence-electron chi connectivity index (χ1n) is 11.3. The number of esters is 1. The Kier molecular flexibility index (Phi) is 15.4. The fraction of sp³-hybridized carbons (Fsp3) is 0.792. The predicted molar refractivity (Wildman–Crippen MR) is 112 cm³/mol. The first-order chi connectivity index (χ1) is 12.8. The minimum Gasteiger partial charge on any atom is -0.463 e. The van der Waals surface area contributed by atoms with Gasteiger partial charge in [-0.1, -0.05) is 82.9 Å². The minimum atomic E-state index is -0.162. The highest BCUT2D eigenvalue weighted by Crippen LogP contribution is 2.29. The van der Waals surface area contributed by atoms with Gasteiger partial charge in [0.05, 0.1) is 6.61 Å². The van der Waals surface area contributed by atoms with Crippen LogP contribution in [0.4, 0.5) is 0 Å². The molecule has 0 spiro atoms. The maximum atomic E-state index is 11.4. The Morgan fingerprint density at radius 3 is 1.92 bits per heavy atom. The third-order valence-electron chi connectivity index (χ3n) is 5.03. The highest BCUT2D eigenvalue weighted by Gasteiger charge is 2.17. The van der Waals surface area contributed by atoms with Gasteiger partial charge in [0.2, 0.25) is 0 Å². The Morgan fingerprint density at radius 1 is 0.808 bits per heavy atom. The predicted octanol–water partition coefficient (Wildman–Crippen LogP) is 7.53. The Labute approximate surface area is 162 Å². The molecule has 0 amide bonds. The third-order valence-corrected chi connectivity index (χ3v) is 5.03. The molecule has 0 atom stereocenters. The zero-order valence-corrected chi connectivity index (χ0v) is 17.2.